The second-order valence-corrected chi connectivity index (χ2v) is 6.67. The first-order valence-corrected chi connectivity index (χ1v) is 7.11. The summed E-state index contributed by atoms with van der Waals surface area (Å²) >= 11 is 0. The number of aliphatic hydroxyl groups is 1. The number of β-amino-alcohol motifs (C(OH)–C–C–N with tert-alkyl or cyclic N) is 1. The predicted octanol–water partition coefficient (Wildman–Crippen LogP) is 2.32. The largest absolute Gasteiger partial charge is 0.377 e. The third kappa shape index (κ3) is 5.09. The van der Waals surface area contributed by atoms with Crippen molar-refractivity contribution in [1.29, 1.82) is 0 Å². The van der Waals surface area contributed by atoms with Crippen molar-refractivity contribution in [1.82, 2.24) is 9.80 Å². The van der Waals surface area contributed by atoms with Crippen LogP contribution in [-0.2, 0) is 0 Å². The Morgan fingerprint density at radius 1 is 1.33 bits per heavy atom. The van der Waals surface area contributed by atoms with Crippen molar-refractivity contribution in [3.63, 3.8) is 0 Å². The Morgan fingerprint density at radius 2 is 2.00 bits per heavy atom. The molecule has 0 saturated carbocycles. The summed E-state index contributed by atoms with van der Waals surface area (Å²) in [6.45, 7) is 14.9. The zero-order chi connectivity index (χ0) is 13.8. The Morgan fingerprint density at radius 3 is 2.50 bits per heavy atom. The van der Waals surface area contributed by atoms with Crippen LogP contribution in [0.2, 0.25) is 0 Å². The summed E-state index contributed by atoms with van der Waals surface area (Å²) in [5.41, 5.74) is 0.304. The summed E-state index contributed by atoms with van der Waals surface area (Å²) in [7, 11) is 0. The van der Waals surface area contributed by atoms with Gasteiger partial charge in [0.15, 0.2) is 0 Å². The van der Waals surface area contributed by atoms with Gasteiger partial charge < -0.3 is 5.11 Å². The van der Waals surface area contributed by atoms with E-state index in [-0.39, 0.29) is 6.23 Å². The minimum absolute atomic E-state index is 0.304. The lowest BCUT2D eigenvalue weighted by molar-refractivity contribution is -0.0790. The molecule has 2 atom stereocenters. The van der Waals surface area contributed by atoms with Crippen molar-refractivity contribution in [3.8, 4) is 0 Å². The number of rotatable bonds is 4. The summed E-state index contributed by atoms with van der Waals surface area (Å²) in [4.78, 5) is 4.60. The van der Waals surface area contributed by atoms with Gasteiger partial charge in [-0.3, -0.25) is 9.80 Å². The first-order chi connectivity index (χ1) is 8.33. The van der Waals surface area contributed by atoms with Crippen LogP contribution in [0.25, 0.3) is 0 Å². The van der Waals surface area contributed by atoms with Crippen LogP contribution in [-0.4, -0.2) is 53.4 Å². The van der Waals surface area contributed by atoms with Gasteiger partial charge in [0.25, 0.3) is 0 Å². The molecule has 1 rings (SSSR count). The molecule has 1 heterocycles. The predicted molar refractivity (Wildman–Crippen MR) is 77.5 cm³/mol. The highest BCUT2D eigenvalue weighted by Gasteiger charge is 2.29. The monoisotopic (exact) mass is 254 g/mol. The van der Waals surface area contributed by atoms with Gasteiger partial charge >= 0.3 is 0 Å². The maximum Gasteiger partial charge on any atom is 0.120 e. The normalized spacial score (nSPS) is 25.8. The van der Waals surface area contributed by atoms with Gasteiger partial charge in [-0.1, -0.05) is 32.9 Å². The van der Waals surface area contributed by atoms with Gasteiger partial charge in [0.2, 0.25) is 0 Å². The van der Waals surface area contributed by atoms with E-state index in [0.717, 1.165) is 32.6 Å². The first-order valence-electron chi connectivity index (χ1n) is 7.11. The third-order valence-electron chi connectivity index (χ3n) is 3.46. The summed E-state index contributed by atoms with van der Waals surface area (Å²) in [5, 5.41) is 10.3. The molecule has 0 aromatic rings. The Kier molecular flexibility index (Phi) is 5.83. The molecule has 0 spiro atoms. The van der Waals surface area contributed by atoms with E-state index in [4.69, 9.17) is 0 Å². The van der Waals surface area contributed by atoms with Crippen LogP contribution in [0.3, 0.4) is 0 Å². The van der Waals surface area contributed by atoms with Gasteiger partial charge in [-0.05, 0) is 25.7 Å². The second kappa shape index (κ2) is 6.69. The lowest BCUT2D eigenvalue weighted by Gasteiger charge is -2.43. The highest BCUT2D eigenvalue weighted by atomic mass is 16.3. The van der Waals surface area contributed by atoms with Crippen LogP contribution in [0.15, 0.2) is 12.2 Å². The average molecular weight is 254 g/mol. The van der Waals surface area contributed by atoms with Crippen molar-refractivity contribution in [2.45, 2.75) is 53.3 Å². The fraction of sp³-hybridized carbons (Fsp3) is 0.867. The molecule has 0 aliphatic carbocycles. The van der Waals surface area contributed by atoms with Crippen LogP contribution in [0.5, 0.6) is 0 Å². The third-order valence-corrected chi connectivity index (χ3v) is 3.46. The van der Waals surface area contributed by atoms with E-state index < -0.39 is 0 Å². The van der Waals surface area contributed by atoms with E-state index in [1.165, 1.54) is 0 Å². The van der Waals surface area contributed by atoms with Gasteiger partial charge in [0, 0.05) is 32.2 Å². The van der Waals surface area contributed by atoms with E-state index in [9.17, 15) is 5.11 Å². The average Bonchev–Trinajstić information content (AvgIpc) is 2.23. The molecule has 3 nitrogen and oxygen atoms in total. The van der Waals surface area contributed by atoms with Gasteiger partial charge in [-0.2, -0.15) is 0 Å². The Hall–Kier alpha value is -0.380. The Labute approximate surface area is 112 Å². The lowest BCUT2D eigenvalue weighted by Crippen LogP contribution is -2.56. The molecule has 0 aromatic carbocycles. The highest BCUT2D eigenvalue weighted by molar-refractivity contribution is 4.87. The molecule has 1 N–H and O–H groups in total. The number of hydrogen-bond acceptors (Lipinski definition) is 3. The molecule has 0 radical (unpaired) electrons. The number of piperazine rings is 1. The summed E-state index contributed by atoms with van der Waals surface area (Å²) in [6, 6.07) is 0.424. The molecular weight excluding hydrogens is 224 g/mol. The smallest absolute Gasteiger partial charge is 0.120 e. The molecule has 1 aliphatic heterocycles. The molecule has 1 aliphatic rings. The number of allylic oxidation sites excluding steroid dienone is 1. The first kappa shape index (κ1) is 15.7. The second-order valence-electron chi connectivity index (χ2n) is 6.67. The van der Waals surface area contributed by atoms with Gasteiger partial charge in [-0.25, -0.2) is 0 Å². The summed E-state index contributed by atoms with van der Waals surface area (Å²) in [5.74, 6) is 0. The summed E-state index contributed by atoms with van der Waals surface area (Å²) < 4.78 is 0. The molecular formula is C15H30N2O. The van der Waals surface area contributed by atoms with Crippen LogP contribution < -0.4 is 0 Å². The zero-order valence-corrected chi connectivity index (χ0v) is 12.7. The standard InChI is InChI=1S/C15H30N2O/c1-6-7-8-13(2)17-10-9-16(11-14(17)18)12-15(3,4)5/h6-7,13-14,18H,8-12H2,1-5H3/b7-6-. The molecule has 0 aromatic heterocycles. The maximum atomic E-state index is 10.3. The molecule has 1 fully saturated rings. The van der Waals surface area contributed by atoms with Gasteiger partial charge in [0.05, 0.1) is 0 Å². The Balaban J connectivity index is 2.45. The van der Waals surface area contributed by atoms with Crippen LogP contribution in [0.4, 0.5) is 0 Å². The topological polar surface area (TPSA) is 26.7 Å². The van der Waals surface area contributed by atoms with Gasteiger partial charge in [-0.15, -0.1) is 0 Å². The zero-order valence-electron chi connectivity index (χ0n) is 12.7. The molecule has 2 unspecified atom stereocenters. The van der Waals surface area contributed by atoms with Crippen molar-refractivity contribution in [3.05, 3.63) is 12.2 Å². The quantitative estimate of drug-likeness (QED) is 0.780. The summed E-state index contributed by atoms with van der Waals surface area (Å²) in [6.07, 6.45) is 4.96. The molecule has 0 bridgehead atoms. The molecule has 18 heavy (non-hydrogen) atoms. The van der Waals surface area contributed by atoms with Crippen LogP contribution in [0, 0.1) is 5.41 Å². The molecule has 106 valence electrons. The maximum absolute atomic E-state index is 10.3. The van der Waals surface area contributed by atoms with Crippen LogP contribution >= 0.6 is 0 Å². The minimum atomic E-state index is -0.318. The fourth-order valence-corrected chi connectivity index (χ4v) is 2.63. The molecule has 1 saturated heterocycles. The number of nitrogens with zero attached hydrogens (tertiary/aromatic N) is 2. The minimum Gasteiger partial charge on any atom is -0.377 e. The molecule has 0 amide bonds. The fourth-order valence-electron chi connectivity index (χ4n) is 2.63. The van der Waals surface area contributed by atoms with E-state index in [1.54, 1.807) is 0 Å². The van der Waals surface area contributed by atoms with Crippen LogP contribution in [0.1, 0.15) is 41.0 Å². The van der Waals surface area contributed by atoms with E-state index in [1.807, 2.05) is 6.92 Å². The van der Waals surface area contributed by atoms with E-state index in [0.29, 0.717) is 11.5 Å². The number of aliphatic hydroxyl groups excluding tert-OH is 1. The van der Waals surface area contributed by atoms with Crippen molar-refractivity contribution in [2.75, 3.05) is 26.2 Å². The highest BCUT2D eigenvalue weighted by Crippen LogP contribution is 2.19. The molecule has 3 heteroatoms. The lowest BCUT2D eigenvalue weighted by atomic mass is 9.95. The van der Waals surface area contributed by atoms with Crippen molar-refractivity contribution < 1.29 is 5.11 Å². The van der Waals surface area contributed by atoms with Gasteiger partial charge in [0.1, 0.15) is 6.23 Å². The van der Waals surface area contributed by atoms with Crippen molar-refractivity contribution in [2.24, 2.45) is 5.41 Å². The van der Waals surface area contributed by atoms with Crippen molar-refractivity contribution >= 4 is 0 Å². The Bertz CT molecular complexity index is 270. The van der Waals surface area contributed by atoms with E-state index >= 15 is 0 Å². The number of hydrogen-bond donors (Lipinski definition) is 1. The van der Waals surface area contributed by atoms with E-state index in [2.05, 4.69) is 49.6 Å². The SMILES string of the molecule is C/C=C\CC(C)N1CCN(CC(C)(C)C)CC1O.